The molecule has 0 spiro atoms. The molecule has 1 aliphatic carbocycles. The van der Waals surface area contributed by atoms with E-state index in [1.165, 1.54) is 18.4 Å². The first-order valence-electron chi connectivity index (χ1n) is 9.33. The van der Waals surface area contributed by atoms with E-state index in [0.29, 0.717) is 23.7 Å². The van der Waals surface area contributed by atoms with Crippen LogP contribution in [-0.2, 0) is 4.79 Å². The van der Waals surface area contributed by atoms with Crippen molar-refractivity contribution < 1.29 is 4.79 Å². The first-order chi connectivity index (χ1) is 10.9. The number of anilines is 1. The molecule has 1 aromatic carbocycles. The Labute approximate surface area is 142 Å². The zero-order valence-electron chi connectivity index (χ0n) is 15.4. The third-order valence-electron chi connectivity index (χ3n) is 5.72. The van der Waals surface area contributed by atoms with E-state index < -0.39 is 0 Å². The van der Waals surface area contributed by atoms with Crippen LogP contribution >= 0.6 is 0 Å². The van der Waals surface area contributed by atoms with Crippen molar-refractivity contribution in [3.63, 3.8) is 0 Å². The average molecular weight is 316 g/mol. The van der Waals surface area contributed by atoms with Crippen molar-refractivity contribution in [1.82, 2.24) is 0 Å². The molecule has 128 valence electrons. The summed E-state index contributed by atoms with van der Waals surface area (Å²) in [7, 11) is 0. The van der Waals surface area contributed by atoms with E-state index in [9.17, 15) is 4.79 Å². The highest BCUT2D eigenvalue weighted by Gasteiger charge is 2.35. The van der Waals surface area contributed by atoms with E-state index in [0.717, 1.165) is 18.5 Å². The monoisotopic (exact) mass is 315 g/mol. The quantitative estimate of drug-likeness (QED) is 0.726. The van der Waals surface area contributed by atoms with Crippen LogP contribution in [-0.4, -0.2) is 5.91 Å². The molecule has 1 aliphatic rings. The predicted octanol–water partition coefficient (Wildman–Crippen LogP) is 5.85. The molecule has 2 nitrogen and oxygen atoms in total. The van der Waals surface area contributed by atoms with E-state index in [1.54, 1.807) is 0 Å². The van der Waals surface area contributed by atoms with Gasteiger partial charge in [-0.15, -0.1) is 0 Å². The molecule has 0 bridgehead atoms. The lowest BCUT2D eigenvalue weighted by atomic mass is 9.70. The lowest BCUT2D eigenvalue weighted by molar-refractivity contribution is -0.123. The van der Waals surface area contributed by atoms with Crippen molar-refractivity contribution in [3.8, 4) is 0 Å². The molecule has 1 saturated carbocycles. The Morgan fingerprint density at radius 3 is 2.39 bits per heavy atom. The Morgan fingerprint density at radius 2 is 1.83 bits per heavy atom. The molecule has 0 heterocycles. The number of rotatable bonds is 5. The van der Waals surface area contributed by atoms with Gasteiger partial charge in [-0.2, -0.15) is 0 Å². The van der Waals surface area contributed by atoms with Gasteiger partial charge in [-0.3, -0.25) is 4.79 Å². The number of carbonyl (C=O) groups excluding carboxylic acids is 1. The van der Waals surface area contributed by atoms with Crippen LogP contribution in [0, 0.1) is 23.7 Å². The van der Waals surface area contributed by atoms with Crippen molar-refractivity contribution in [1.29, 1.82) is 0 Å². The number of amides is 1. The van der Waals surface area contributed by atoms with E-state index in [-0.39, 0.29) is 11.8 Å². The zero-order valence-corrected chi connectivity index (χ0v) is 15.4. The van der Waals surface area contributed by atoms with Crippen LogP contribution in [0.4, 0.5) is 5.69 Å². The highest BCUT2D eigenvalue weighted by Crippen LogP contribution is 2.38. The fourth-order valence-corrected chi connectivity index (χ4v) is 3.87. The highest BCUT2D eigenvalue weighted by molar-refractivity contribution is 5.92. The van der Waals surface area contributed by atoms with Crippen molar-refractivity contribution in [2.75, 3.05) is 5.32 Å². The summed E-state index contributed by atoms with van der Waals surface area (Å²) in [5, 5.41) is 3.16. The molecule has 0 radical (unpaired) electrons. The van der Waals surface area contributed by atoms with Gasteiger partial charge < -0.3 is 5.32 Å². The summed E-state index contributed by atoms with van der Waals surface area (Å²) in [5.74, 6) is 2.70. The predicted molar refractivity (Wildman–Crippen MR) is 98.6 cm³/mol. The van der Waals surface area contributed by atoms with Gasteiger partial charge in [-0.25, -0.2) is 0 Å². The average Bonchev–Trinajstić information content (AvgIpc) is 2.54. The topological polar surface area (TPSA) is 29.1 Å². The maximum atomic E-state index is 12.8. The molecule has 1 N–H and O–H groups in total. The maximum absolute atomic E-state index is 12.8. The summed E-state index contributed by atoms with van der Waals surface area (Å²) in [4.78, 5) is 12.8. The van der Waals surface area contributed by atoms with Crippen LogP contribution in [0.25, 0.3) is 0 Å². The molecule has 4 atom stereocenters. The van der Waals surface area contributed by atoms with Crippen LogP contribution in [0.1, 0.15) is 71.8 Å². The molecule has 2 heteroatoms. The molecule has 0 aromatic heterocycles. The molecule has 23 heavy (non-hydrogen) atoms. The molecule has 0 aliphatic heterocycles. The molecule has 2 rings (SSSR count). The third-order valence-corrected chi connectivity index (χ3v) is 5.72. The van der Waals surface area contributed by atoms with E-state index in [4.69, 9.17) is 0 Å². The lowest BCUT2D eigenvalue weighted by Crippen LogP contribution is -2.36. The van der Waals surface area contributed by atoms with Gasteiger partial charge in [0, 0.05) is 11.6 Å². The van der Waals surface area contributed by atoms with E-state index in [1.807, 2.05) is 0 Å². The van der Waals surface area contributed by atoms with Crippen LogP contribution in [0.5, 0.6) is 0 Å². The van der Waals surface area contributed by atoms with Gasteiger partial charge in [0.05, 0.1) is 0 Å². The minimum atomic E-state index is 0.160. The number of hydrogen-bond acceptors (Lipinski definition) is 1. The van der Waals surface area contributed by atoms with Gasteiger partial charge >= 0.3 is 0 Å². The fraction of sp³-hybridized carbons (Fsp3) is 0.667. The van der Waals surface area contributed by atoms with E-state index in [2.05, 4.69) is 64.2 Å². The van der Waals surface area contributed by atoms with Crippen molar-refractivity contribution in [2.24, 2.45) is 23.7 Å². The van der Waals surface area contributed by atoms with E-state index >= 15 is 0 Å². The fourth-order valence-electron chi connectivity index (χ4n) is 3.87. The standard InChI is InChI=1S/C21H33NO/c1-6-16(5)17-8-10-18(11-9-17)22-21(23)20-13-15(4)7-12-19(20)14(2)3/h8-11,14-16,19-20H,6-7,12-13H2,1-5H3,(H,22,23)/t15-,16?,19+,20-/m1/s1. The summed E-state index contributed by atoms with van der Waals surface area (Å²) >= 11 is 0. The smallest absolute Gasteiger partial charge is 0.227 e. The number of benzene rings is 1. The molecule has 0 saturated heterocycles. The van der Waals surface area contributed by atoms with Gasteiger partial charge in [0.2, 0.25) is 5.91 Å². The van der Waals surface area contributed by atoms with Gasteiger partial charge in [0.1, 0.15) is 0 Å². The van der Waals surface area contributed by atoms with Crippen LogP contribution < -0.4 is 5.32 Å². The molecule has 1 unspecified atom stereocenters. The first-order valence-corrected chi connectivity index (χ1v) is 9.33. The molecule has 1 fully saturated rings. The summed E-state index contributed by atoms with van der Waals surface area (Å²) in [6, 6.07) is 8.40. The van der Waals surface area contributed by atoms with Crippen LogP contribution in [0.3, 0.4) is 0 Å². The summed E-state index contributed by atoms with van der Waals surface area (Å²) in [5.41, 5.74) is 2.28. The van der Waals surface area contributed by atoms with Crippen molar-refractivity contribution in [2.45, 2.75) is 66.2 Å². The van der Waals surface area contributed by atoms with Crippen molar-refractivity contribution in [3.05, 3.63) is 29.8 Å². The SMILES string of the molecule is CCC(C)c1ccc(NC(=O)[C@@H]2C[C@H](C)CC[C@H]2C(C)C)cc1. The van der Waals surface area contributed by atoms with Gasteiger partial charge in [-0.1, -0.05) is 53.2 Å². The Bertz CT molecular complexity index is 505. The van der Waals surface area contributed by atoms with Crippen molar-refractivity contribution >= 4 is 11.6 Å². The second-order valence-electron chi connectivity index (χ2n) is 7.85. The summed E-state index contributed by atoms with van der Waals surface area (Å²) < 4.78 is 0. The Morgan fingerprint density at radius 1 is 1.17 bits per heavy atom. The van der Waals surface area contributed by atoms with Gasteiger partial charge in [0.15, 0.2) is 0 Å². The maximum Gasteiger partial charge on any atom is 0.227 e. The highest BCUT2D eigenvalue weighted by atomic mass is 16.1. The molecular formula is C21H33NO. The minimum absolute atomic E-state index is 0.160. The summed E-state index contributed by atoms with van der Waals surface area (Å²) in [6.07, 6.45) is 4.61. The zero-order chi connectivity index (χ0) is 17.0. The third kappa shape index (κ3) is 4.59. The summed E-state index contributed by atoms with van der Waals surface area (Å²) in [6.45, 7) is 11.2. The molecule has 1 aromatic rings. The van der Waals surface area contributed by atoms with Gasteiger partial charge in [0.25, 0.3) is 0 Å². The number of hydrogen-bond donors (Lipinski definition) is 1. The normalized spacial score (nSPS) is 26.1. The number of carbonyl (C=O) groups is 1. The minimum Gasteiger partial charge on any atom is -0.326 e. The Balaban J connectivity index is 2.04. The Kier molecular flexibility index (Phi) is 6.26. The first kappa shape index (κ1) is 18.0. The van der Waals surface area contributed by atoms with Crippen LogP contribution in [0.15, 0.2) is 24.3 Å². The molecular weight excluding hydrogens is 282 g/mol. The second-order valence-corrected chi connectivity index (χ2v) is 7.85. The lowest BCUT2D eigenvalue weighted by Gasteiger charge is -2.36. The number of nitrogens with one attached hydrogen (secondary N) is 1. The largest absolute Gasteiger partial charge is 0.326 e. The second kappa shape index (κ2) is 7.99. The molecule has 1 amide bonds. The Hall–Kier alpha value is -1.31. The van der Waals surface area contributed by atoms with Crippen LogP contribution in [0.2, 0.25) is 0 Å². The van der Waals surface area contributed by atoms with Gasteiger partial charge in [-0.05, 0) is 60.6 Å².